The van der Waals surface area contributed by atoms with Gasteiger partial charge in [-0.3, -0.25) is 0 Å². The van der Waals surface area contributed by atoms with E-state index >= 15 is 0 Å². The third-order valence-corrected chi connectivity index (χ3v) is 7.29. The van der Waals surface area contributed by atoms with Gasteiger partial charge in [-0.15, -0.1) is 0 Å². The van der Waals surface area contributed by atoms with Gasteiger partial charge < -0.3 is 10.5 Å². The Morgan fingerprint density at radius 1 is 1.16 bits per heavy atom. The van der Waals surface area contributed by atoms with Gasteiger partial charge in [0, 0.05) is 24.5 Å². The molecule has 0 amide bonds. The lowest BCUT2D eigenvalue weighted by Crippen LogP contribution is -2.29. The maximum absolute atomic E-state index is 13.7. The Labute approximate surface area is 147 Å². The van der Waals surface area contributed by atoms with Crippen LogP contribution in [0.2, 0.25) is 0 Å². The van der Waals surface area contributed by atoms with E-state index in [4.69, 9.17) is 10.5 Å². The molecule has 0 bridgehead atoms. The smallest absolute Gasteiger partial charge is 0.182 e. The lowest BCUT2D eigenvalue weighted by atomic mass is 10.00. The van der Waals surface area contributed by atoms with Gasteiger partial charge >= 0.3 is 0 Å². The number of rotatable bonds is 7. The van der Waals surface area contributed by atoms with Gasteiger partial charge in [0.05, 0.1) is 16.8 Å². The molecule has 0 aliphatic heterocycles. The van der Waals surface area contributed by atoms with Crippen molar-refractivity contribution in [1.82, 2.24) is 0 Å². The van der Waals surface area contributed by atoms with Crippen molar-refractivity contribution in [3.05, 3.63) is 66.0 Å². The Morgan fingerprint density at radius 3 is 2.48 bits per heavy atom. The third-order valence-electron chi connectivity index (χ3n) is 4.95. The summed E-state index contributed by atoms with van der Waals surface area (Å²) in [5.74, 6) is -0.771. The second kappa shape index (κ2) is 6.86. The minimum absolute atomic E-state index is 0.158. The lowest BCUT2D eigenvalue weighted by molar-refractivity contribution is 0.101. The van der Waals surface area contributed by atoms with E-state index in [1.807, 2.05) is 6.92 Å². The maximum Gasteiger partial charge on any atom is 0.182 e. The largest absolute Gasteiger partial charge is 0.381 e. The molecule has 1 aliphatic rings. The van der Waals surface area contributed by atoms with Crippen molar-refractivity contribution < 1.29 is 17.5 Å². The molecule has 0 spiro atoms. The van der Waals surface area contributed by atoms with Crippen molar-refractivity contribution in [2.75, 3.05) is 19.8 Å². The van der Waals surface area contributed by atoms with E-state index in [-0.39, 0.29) is 29.8 Å². The highest BCUT2D eigenvalue weighted by molar-refractivity contribution is 7.92. The molecule has 2 aromatic carbocycles. The Bertz CT molecular complexity index is 841. The molecule has 4 nitrogen and oxygen atoms in total. The first-order valence-corrected chi connectivity index (χ1v) is 9.84. The molecule has 2 N–H and O–H groups in total. The summed E-state index contributed by atoms with van der Waals surface area (Å²) in [4.78, 5) is 0.258. The fraction of sp³-hybridized carbons (Fsp3) is 0.368. The van der Waals surface area contributed by atoms with E-state index in [9.17, 15) is 12.8 Å². The summed E-state index contributed by atoms with van der Waals surface area (Å²) in [6.45, 7) is 2.71. The molecule has 134 valence electrons. The number of hydrogen-bond acceptors (Lipinski definition) is 4. The summed E-state index contributed by atoms with van der Waals surface area (Å²) in [5, 5.41) is -0.722. The van der Waals surface area contributed by atoms with Crippen molar-refractivity contribution in [3.8, 4) is 0 Å². The van der Waals surface area contributed by atoms with Crippen LogP contribution < -0.4 is 5.73 Å². The van der Waals surface area contributed by atoms with Gasteiger partial charge in [0.1, 0.15) is 5.82 Å². The molecule has 1 fully saturated rings. The Balaban J connectivity index is 2.06. The Hall–Kier alpha value is -1.76. The van der Waals surface area contributed by atoms with E-state index in [1.165, 1.54) is 12.1 Å². The highest BCUT2D eigenvalue weighted by Gasteiger charge is 2.70. The molecule has 25 heavy (non-hydrogen) atoms. The van der Waals surface area contributed by atoms with Crippen molar-refractivity contribution in [2.24, 2.45) is 11.1 Å². The molecule has 2 aromatic rings. The number of nitrogens with two attached hydrogens (primary N) is 1. The molecule has 6 heteroatoms. The average Bonchev–Trinajstić information content (AvgIpc) is 3.31. The first-order chi connectivity index (χ1) is 12.0. The van der Waals surface area contributed by atoms with Crippen LogP contribution in [0.5, 0.6) is 0 Å². The predicted octanol–water partition coefficient (Wildman–Crippen LogP) is 2.75. The fourth-order valence-corrected chi connectivity index (χ4v) is 6.14. The van der Waals surface area contributed by atoms with Crippen LogP contribution in [-0.4, -0.2) is 33.4 Å². The van der Waals surface area contributed by atoms with Gasteiger partial charge in [0.15, 0.2) is 9.84 Å². The van der Waals surface area contributed by atoms with Crippen molar-refractivity contribution in [3.63, 3.8) is 0 Å². The monoisotopic (exact) mass is 363 g/mol. The zero-order chi connectivity index (χ0) is 18.1. The van der Waals surface area contributed by atoms with Crippen LogP contribution in [-0.2, 0) is 14.6 Å². The molecular weight excluding hydrogens is 341 g/mol. The first kappa shape index (κ1) is 18.0. The number of hydrogen-bond donors (Lipinski definition) is 1. The average molecular weight is 363 g/mol. The molecule has 0 radical (unpaired) electrons. The predicted molar refractivity (Wildman–Crippen MR) is 94.5 cm³/mol. The minimum Gasteiger partial charge on any atom is -0.381 e. The van der Waals surface area contributed by atoms with Gasteiger partial charge in [-0.2, -0.15) is 0 Å². The second-order valence-corrected chi connectivity index (χ2v) is 8.46. The summed E-state index contributed by atoms with van der Waals surface area (Å²) in [6, 6.07) is 14.4. The minimum atomic E-state index is -3.61. The summed E-state index contributed by atoms with van der Waals surface area (Å²) >= 11 is 0. The standard InChI is InChI=1S/C19H22FNO3S/c1-2-24-13-19(12-21)17(14-7-6-8-15(20)11-14)18(19)25(22,23)16-9-4-3-5-10-16/h3-11,17-18H,2,12-13,21H2,1H3/t17-,18+,19+/m0/s1. The lowest BCUT2D eigenvalue weighted by Gasteiger charge is -2.16. The molecule has 0 aromatic heterocycles. The molecule has 3 atom stereocenters. The normalized spacial score (nSPS) is 25.7. The highest BCUT2D eigenvalue weighted by Crippen LogP contribution is 2.63. The van der Waals surface area contributed by atoms with Crippen LogP contribution in [0.4, 0.5) is 4.39 Å². The number of ether oxygens (including phenoxy) is 1. The maximum atomic E-state index is 13.7. The second-order valence-electron chi connectivity index (χ2n) is 6.39. The Kier molecular flexibility index (Phi) is 4.95. The molecule has 0 unspecified atom stereocenters. The molecule has 1 aliphatic carbocycles. The fourth-order valence-electron chi connectivity index (χ4n) is 3.67. The topological polar surface area (TPSA) is 69.4 Å². The molecular formula is C19H22FNO3S. The van der Waals surface area contributed by atoms with Gasteiger partial charge in [-0.1, -0.05) is 30.3 Å². The van der Waals surface area contributed by atoms with Crippen LogP contribution in [0.1, 0.15) is 18.4 Å². The zero-order valence-corrected chi connectivity index (χ0v) is 14.9. The van der Waals surface area contributed by atoms with Crippen LogP contribution in [0.25, 0.3) is 0 Å². The van der Waals surface area contributed by atoms with E-state index in [2.05, 4.69) is 0 Å². The van der Waals surface area contributed by atoms with Gasteiger partial charge in [0.25, 0.3) is 0 Å². The molecule has 0 saturated heterocycles. The SMILES string of the molecule is CCOC[C@@]1(CN)[C@H](S(=O)(=O)c2ccccc2)[C@@H]1c1cccc(F)c1. The van der Waals surface area contributed by atoms with Gasteiger partial charge in [-0.05, 0) is 36.8 Å². The molecule has 3 rings (SSSR count). The summed E-state index contributed by atoms with van der Waals surface area (Å²) in [7, 11) is -3.61. The summed E-state index contributed by atoms with van der Waals surface area (Å²) < 4.78 is 45.6. The highest BCUT2D eigenvalue weighted by atomic mass is 32.2. The van der Waals surface area contributed by atoms with Crippen LogP contribution in [0, 0.1) is 11.2 Å². The van der Waals surface area contributed by atoms with Gasteiger partial charge in [0.2, 0.25) is 0 Å². The summed E-state index contributed by atoms with van der Waals surface area (Å²) in [5.41, 5.74) is 5.91. The Morgan fingerprint density at radius 2 is 1.88 bits per heavy atom. The van der Waals surface area contributed by atoms with Crippen LogP contribution in [0.15, 0.2) is 59.5 Å². The molecule has 0 heterocycles. The van der Waals surface area contributed by atoms with Crippen LogP contribution >= 0.6 is 0 Å². The van der Waals surface area contributed by atoms with Crippen molar-refractivity contribution in [2.45, 2.75) is 23.0 Å². The van der Waals surface area contributed by atoms with E-state index in [0.717, 1.165) is 0 Å². The van der Waals surface area contributed by atoms with Gasteiger partial charge in [-0.25, -0.2) is 12.8 Å². The first-order valence-electron chi connectivity index (χ1n) is 8.29. The summed E-state index contributed by atoms with van der Waals surface area (Å²) in [6.07, 6.45) is 0. The third kappa shape index (κ3) is 3.10. The van der Waals surface area contributed by atoms with E-state index in [0.29, 0.717) is 12.2 Å². The zero-order valence-electron chi connectivity index (χ0n) is 14.1. The van der Waals surface area contributed by atoms with Crippen molar-refractivity contribution in [1.29, 1.82) is 0 Å². The van der Waals surface area contributed by atoms with E-state index < -0.39 is 20.5 Å². The number of sulfone groups is 1. The number of halogens is 1. The van der Waals surface area contributed by atoms with Crippen LogP contribution in [0.3, 0.4) is 0 Å². The quantitative estimate of drug-likeness (QED) is 0.821. The molecule has 1 saturated carbocycles. The van der Waals surface area contributed by atoms with E-state index in [1.54, 1.807) is 42.5 Å². The number of benzene rings is 2. The van der Waals surface area contributed by atoms with Crippen molar-refractivity contribution >= 4 is 9.84 Å².